The molecule has 2 N–H and O–H groups in total. The van der Waals surface area contributed by atoms with Crippen molar-refractivity contribution in [3.63, 3.8) is 0 Å². The van der Waals surface area contributed by atoms with Crippen LogP contribution in [0.2, 0.25) is 0 Å². The SMILES string of the molecule is CCCCN(CC)C(=O)C(C)C(C)N. The van der Waals surface area contributed by atoms with Gasteiger partial charge in [-0.1, -0.05) is 20.3 Å². The molecule has 3 heteroatoms. The van der Waals surface area contributed by atoms with E-state index in [9.17, 15) is 4.79 Å². The molecule has 0 bridgehead atoms. The zero-order valence-electron chi connectivity index (χ0n) is 9.92. The zero-order valence-corrected chi connectivity index (χ0v) is 9.92. The summed E-state index contributed by atoms with van der Waals surface area (Å²) in [5, 5.41) is 0. The first kappa shape index (κ1) is 13.4. The van der Waals surface area contributed by atoms with Crippen LogP contribution in [-0.4, -0.2) is 29.9 Å². The number of hydrogen-bond donors (Lipinski definition) is 1. The van der Waals surface area contributed by atoms with E-state index < -0.39 is 0 Å². The lowest BCUT2D eigenvalue weighted by Crippen LogP contribution is -2.42. The summed E-state index contributed by atoms with van der Waals surface area (Å²) in [4.78, 5) is 13.8. The molecule has 0 fully saturated rings. The highest BCUT2D eigenvalue weighted by Crippen LogP contribution is 2.07. The summed E-state index contributed by atoms with van der Waals surface area (Å²) in [5.74, 6) is 0.128. The lowest BCUT2D eigenvalue weighted by atomic mass is 10.0. The molecule has 84 valence electrons. The molecule has 0 radical (unpaired) electrons. The van der Waals surface area contributed by atoms with E-state index in [1.54, 1.807) is 0 Å². The molecule has 0 saturated heterocycles. The fraction of sp³-hybridized carbons (Fsp3) is 0.909. The second-order valence-electron chi connectivity index (χ2n) is 3.92. The first-order chi connectivity index (χ1) is 6.54. The average molecular weight is 200 g/mol. The lowest BCUT2D eigenvalue weighted by molar-refractivity contribution is -0.135. The number of rotatable bonds is 6. The van der Waals surface area contributed by atoms with E-state index in [1.807, 2.05) is 25.7 Å². The molecule has 0 spiro atoms. The molecule has 1 amide bonds. The van der Waals surface area contributed by atoms with Gasteiger partial charge in [0.05, 0.1) is 5.92 Å². The van der Waals surface area contributed by atoms with E-state index in [0.29, 0.717) is 0 Å². The van der Waals surface area contributed by atoms with Gasteiger partial charge in [0.2, 0.25) is 5.91 Å². The molecule has 0 rings (SSSR count). The van der Waals surface area contributed by atoms with E-state index in [1.165, 1.54) is 0 Å². The molecule has 0 aliphatic rings. The molecule has 14 heavy (non-hydrogen) atoms. The lowest BCUT2D eigenvalue weighted by Gasteiger charge is -2.26. The van der Waals surface area contributed by atoms with Crippen molar-refractivity contribution in [1.29, 1.82) is 0 Å². The van der Waals surface area contributed by atoms with E-state index in [4.69, 9.17) is 5.73 Å². The highest BCUT2D eigenvalue weighted by Gasteiger charge is 2.21. The van der Waals surface area contributed by atoms with E-state index >= 15 is 0 Å². The fourth-order valence-corrected chi connectivity index (χ4v) is 1.29. The predicted molar refractivity (Wildman–Crippen MR) is 60.0 cm³/mol. The van der Waals surface area contributed by atoms with Gasteiger partial charge in [-0.15, -0.1) is 0 Å². The maximum Gasteiger partial charge on any atom is 0.226 e. The molecule has 2 atom stereocenters. The van der Waals surface area contributed by atoms with Gasteiger partial charge in [-0.25, -0.2) is 0 Å². The number of hydrogen-bond acceptors (Lipinski definition) is 2. The Morgan fingerprint density at radius 3 is 2.29 bits per heavy atom. The molecule has 0 aliphatic heterocycles. The van der Waals surface area contributed by atoms with Crippen LogP contribution in [0, 0.1) is 5.92 Å². The Labute approximate surface area is 87.6 Å². The number of nitrogens with two attached hydrogens (primary N) is 1. The van der Waals surface area contributed by atoms with Crippen molar-refractivity contribution in [3.05, 3.63) is 0 Å². The van der Waals surface area contributed by atoms with Crippen molar-refractivity contribution in [3.8, 4) is 0 Å². The highest BCUT2D eigenvalue weighted by atomic mass is 16.2. The van der Waals surface area contributed by atoms with Crippen molar-refractivity contribution >= 4 is 5.91 Å². The first-order valence-corrected chi connectivity index (χ1v) is 5.58. The van der Waals surface area contributed by atoms with Crippen LogP contribution in [-0.2, 0) is 4.79 Å². The molecule has 3 nitrogen and oxygen atoms in total. The van der Waals surface area contributed by atoms with Crippen molar-refractivity contribution < 1.29 is 4.79 Å². The van der Waals surface area contributed by atoms with Crippen LogP contribution in [0.25, 0.3) is 0 Å². The van der Waals surface area contributed by atoms with Gasteiger partial charge in [-0.3, -0.25) is 4.79 Å². The number of amides is 1. The van der Waals surface area contributed by atoms with Crippen molar-refractivity contribution in [2.75, 3.05) is 13.1 Å². The van der Waals surface area contributed by atoms with Gasteiger partial charge < -0.3 is 10.6 Å². The maximum atomic E-state index is 11.9. The van der Waals surface area contributed by atoms with Gasteiger partial charge in [0.1, 0.15) is 0 Å². The van der Waals surface area contributed by atoms with Crippen LogP contribution in [0.15, 0.2) is 0 Å². The van der Waals surface area contributed by atoms with Gasteiger partial charge in [0.15, 0.2) is 0 Å². The highest BCUT2D eigenvalue weighted by molar-refractivity contribution is 5.79. The molecule has 2 unspecified atom stereocenters. The van der Waals surface area contributed by atoms with E-state index in [0.717, 1.165) is 25.9 Å². The fourth-order valence-electron chi connectivity index (χ4n) is 1.29. The van der Waals surface area contributed by atoms with Gasteiger partial charge in [-0.05, 0) is 20.3 Å². The number of carbonyl (C=O) groups excluding carboxylic acids is 1. The molecule has 0 saturated carbocycles. The molecular formula is C11H24N2O. The Morgan fingerprint density at radius 1 is 1.36 bits per heavy atom. The van der Waals surface area contributed by atoms with E-state index in [-0.39, 0.29) is 17.9 Å². The third kappa shape index (κ3) is 4.09. The predicted octanol–water partition coefficient (Wildman–Crippen LogP) is 1.62. The summed E-state index contributed by atoms with van der Waals surface area (Å²) in [7, 11) is 0. The van der Waals surface area contributed by atoms with Crippen LogP contribution >= 0.6 is 0 Å². The Morgan fingerprint density at radius 2 is 1.93 bits per heavy atom. The quantitative estimate of drug-likeness (QED) is 0.708. The van der Waals surface area contributed by atoms with E-state index in [2.05, 4.69) is 6.92 Å². The molecule has 0 aromatic heterocycles. The van der Waals surface area contributed by atoms with Gasteiger partial charge in [0.25, 0.3) is 0 Å². The minimum Gasteiger partial charge on any atom is -0.343 e. The smallest absolute Gasteiger partial charge is 0.226 e. The van der Waals surface area contributed by atoms with Crippen LogP contribution in [0.5, 0.6) is 0 Å². The zero-order chi connectivity index (χ0) is 11.1. The Kier molecular flexibility index (Phi) is 6.54. The average Bonchev–Trinajstić information content (AvgIpc) is 2.17. The third-order valence-corrected chi connectivity index (χ3v) is 2.65. The molecule has 0 aliphatic carbocycles. The second kappa shape index (κ2) is 6.82. The summed E-state index contributed by atoms with van der Waals surface area (Å²) >= 11 is 0. The van der Waals surface area contributed by atoms with Crippen LogP contribution in [0.3, 0.4) is 0 Å². The van der Waals surface area contributed by atoms with Crippen molar-refractivity contribution in [2.24, 2.45) is 11.7 Å². The number of carbonyl (C=O) groups is 1. The summed E-state index contributed by atoms with van der Waals surface area (Å²) in [6.45, 7) is 9.59. The van der Waals surface area contributed by atoms with Gasteiger partial charge in [0, 0.05) is 19.1 Å². The van der Waals surface area contributed by atoms with Gasteiger partial charge >= 0.3 is 0 Å². The summed E-state index contributed by atoms with van der Waals surface area (Å²) in [6, 6.07) is -0.0572. The minimum absolute atomic E-state index is 0.0572. The molecule has 0 heterocycles. The summed E-state index contributed by atoms with van der Waals surface area (Å²) < 4.78 is 0. The van der Waals surface area contributed by atoms with Crippen molar-refractivity contribution in [2.45, 2.75) is 46.6 Å². The molecule has 0 aromatic carbocycles. The van der Waals surface area contributed by atoms with Crippen molar-refractivity contribution in [1.82, 2.24) is 4.90 Å². The number of nitrogens with zero attached hydrogens (tertiary/aromatic N) is 1. The Hall–Kier alpha value is -0.570. The summed E-state index contributed by atoms with van der Waals surface area (Å²) in [6.07, 6.45) is 2.20. The minimum atomic E-state index is -0.0631. The largest absolute Gasteiger partial charge is 0.343 e. The summed E-state index contributed by atoms with van der Waals surface area (Å²) in [5.41, 5.74) is 5.71. The number of unbranched alkanes of at least 4 members (excludes halogenated alkanes) is 1. The van der Waals surface area contributed by atoms with Crippen LogP contribution in [0.4, 0.5) is 0 Å². The maximum absolute atomic E-state index is 11.9. The van der Waals surface area contributed by atoms with Crippen LogP contribution < -0.4 is 5.73 Å². The first-order valence-electron chi connectivity index (χ1n) is 5.58. The molecule has 0 aromatic rings. The topological polar surface area (TPSA) is 46.3 Å². The Balaban J connectivity index is 4.16. The van der Waals surface area contributed by atoms with Crippen LogP contribution in [0.1, 0.15) is 40.5 Å². The standard InChI is InChI=1S/C11H24N2O/c1-5-7-8-13(6-2)11(14)9(3)10(4)12/h9-10H,5-8,12H2,1-4H3. The molecular weight excluding hydrogens is 176 g/mol. The third-order valence-electron chi connectivity index (χ3n) is 2.65. The second-order valence-corrected chi connectivity index (χ2v) is 3.92. The normalized spacial score (nSPS) is 14.9. The monoisotopic (exact) mass is 200 g/mol. The Bertz CT molecular complexity index is 169. The van der Waals surface area contributed by atoms with Gasteiger partial charge in [-0.2, -0.15) is 0 Å².